The number of methoxy groups -OCH3 is 1. The van der Waals surface area contributed by atoms with Crippen LogP contribution in [0.5, 0.6) is 5.75 Å². The average Bonchev–Trinajstić information content (AvgIpc) is 2.47. The molecule has 20 heavy (non-hydrogen) atoms. The van der Waals surface area contributed by atoms with Gasteiger partial charge >= 0.3 is 5.97 Å². The minimum atomic E-state index is -0.198. The zero-order chi connectivity index (χ0) is 14.8. The molecule has 0 radical (unpaired) electrons. The van der Waals surface area contributed by atoms with E-state index in [4.69, 9.17) is 9.47 Å². The highest BCUT2D eigenvalue weighted by molar-refractivity contribution is 5.70. The Balaban J connectivity index is 2.69. The third-order valence-corrected chi connectivity index (χ3v) is 3.11. The molecular weight excluding hydrogens is 252 g/mol. The Bertz CT molecular complexity index is 420. The number of hydrogen-bond acceptors (Lipinski definition) is 3. The molecule has 3 heteroatoms. The fraction of sp³-hybridized carbons (Fsp3) is 0.471. The molecule has 0 saturated carbocycles. The highest BCUT2D eigenvalue weighted by Crippen LogP contribution is 2.24. The molecule has 1 rings (SSSR count). The van der Waals surface area contributed by atoms with Crippen molar-refractivity contribution < 1.29 is 14.3 Å². The Morgan fingerprint density at radius 2 is 2.00 bits per heavy atom. The summed E-state index contributed by atoms with van der Waals surface area (Å²) in [5.74, 6) is 0.730. The van der Waals surface area contributed by atoms with Crippen molar-refractivity contribution in [2.45, 2.75) is 39.0 Å². The lowest BCUT2D eigenvalue weighted by molar-refractivity contribution is -0.140. The van der Waals surface area contributed by atoms with Gasteiger partial charge in [-0.3, -0.25) is 4.79 Å². The lowest BCUT2D eigenvalue weighted by Gasteiger charge is -2.13. The Morgan fingerprint density at radius 1 is 1.30 bits per heavy atom. The number of esters is 1. The third-order valence-electron chi connectivity index (χ3n) is 3.11. The third kappa shape index (κ3) is 5.47. The molecule has 0 aliphatic carbocycles. The van der Waals surface area contributed by atoms with Gasteiger partial charge in [-0.1, -0.05) is 37.6 Å². The number of carbonyl (C=O) groups is 1. The summed E-state index contributed by atoms with van der Waals surface area (Å²) in [4.78, 5) is 11.4. The van der Waals surface area contributed by atoms with Crippen LogP contribution in [0.2, 0.25) is 0 Å². The predicted octanol–water partition coefficient (Wildman–Crippen LogP) is 4.09. The van der Waals surface area contributed by atoms with Crippen molar-refractivity contribution in [2.75, 3.05) is 13.7 Å². The van der Waals surface area contributed by atoms with Crippen molar-refractivity contribution >= 4 is 5.97 Å². The normalized spacial score (nSPS) is 12.3. The van der Waals surface area contributed by atoms with Gasteiger partial charge in [0.2, 0.25) is 0 Å². The van der Waals surface area contributed by atoms with E-state index in [1.807, 2.05) is 43.3 Å². The predicted molar refractivity (Wildman–Crippen MR) is 81.0 cm³/mol. The average molecular weight is 276 g/mol. The van der Waals surface area contributed by atoms with Gasteiger partial charge in [0.05, 0.1) is 20.1 Å². The molecule has 0 aliphatic rings. The van der Waals surface area contributed by atoms with Crippen LogP contribution in [0.4, 0.5) is 0 Å². The molecule has 0 saturated heterocycles. The molecule has 1 aromatic carbocycles. The molecule has 1 atom stereocenters. The molecule has 1 aromatic rings. The molecule has 3 nitrogen and oxygen atoms in total. The van der Waals surface area contributed by atoms with Gasteiger partial charge in [-0.2, -0.15) is 0 Å². The number of unbranched alkanes of at least 4 members (excludes halogenated alkanes) is 1. The van der Waals surface area contributed by atoms with Crippen molar-refractivity contribution in [3.05, 3.63) is 42.0 Å². The second-order valence-electron chi connectivity index (χ2n) is 4.68. The molecule has 0 aromatic heterocycles. The quantitative estimate of drug-likeness (QED) is 0.407. The van der Waals surface area contributed by atoms with Crippen molar-refractivity contribution in [2.24, 2.45) is 0 Å². The Labute approximate surface area is 121 Å². The molecule has 0 fully saturated rings. The topological polar surface area (TPSA) is 35.5 Å². The van der Waals surface area contributed by atoms with Gasteiger partial charge in [-0.25, -0.2) is 0 Å². The smallest absolute Gasteiger partial charge is 0.306 e. The van der Waals surface area contributed by atoms with Crippen LogP contribution < -0.4 is 4.74 Å². The molecule has 110 valence electrons. The molecule has 0 heterocycles. The van der Waals surface area contributed by atoms with Gasteiger partial charge < -0.3 is 9.47 Å². The molecule has 0 spiro atoms. The van der Waals surface area contributed by atoms with Gasteiger partial charge in [-0.15, -0.1) is 0 Å². The van der Waals surface area contributed by atoms with E-state index in [0.29, 0.717) is 6.42 Å². The van der Waals surface area contributed by atoms with Crippen molar-refractivity contribution in [3.63, 3.8) is 0 Å². The highest BCUT2D eigenvalue weighted by Gasteiger charge is 2.13. The van der Waals surface area contributed by atoms with Crippen LogP contribution in [0, 0.1) is 0 Å². The lowest BCUT2D eigenvalue weighted by Crippen LogP contribution is -2.07. The first-order valence-electron chi connectivity index (χ1n) is 7.13. The van der Waals surface area contributed by atoms with Gasteiger partial charge in [0.1, 0.15) is 5.75 Å². The zero-order valence-electron chi connectivity index (χ0n) is 12.6. The van der Waals surface area contributed by atoms with Gasteiger partial charge in [-0.05, 0) is 31.0 Å². The Hall–Kier alpha value is -1.77. The molecule has 0 N–H and O–H groups in total. The van der Waals surface area contributed by atoms with Crippen LogP contribution in [-0.2, 0) is 9.53 Å². The Morgan fingerprint density at radius 3 is 2.55 bits per heavy atom. The second-order valence-corrected chi connectivity index (χ2v) is 4.68. The standard InChI is InChI=1S/C17H24O3/c1-4-6-12-20-16-10-8-14(9-11-16)15(7-5-2)13-17(18)19-3/h5,7-11,15H,4,6,12-13H2,1-3H3/b7-5-/t15-/m0/s1. The van der Waals surface area contributed by atoms with Crippen LogP contribution in [0.3, 0.4) is 0 Å². The summed E-state index contributed by atoms with van der Waals surface area (Å²) in [5, 5.41) is 0. The van der Waals surface area contributed by atoms with E-state index in [-0.39, 0.29) is 11.9 Å². The second kappa shape index (κ2) is 9.18. The summed E-state index contributed by atoms with van der Waals surface area (Å²) in [6.07, 6.45) is 6.52. The molecule has 0 amide bonds. The van der Waals surface area contributed by atoms with Crippen LogP contribution in [-0.4, -0.2) is 19.7 Å². The zero-order valence-corrected chi connectivity index (χ0v) is 12.6. The summed E-state index contributed by atoms with van der Waals surface area (Å²) in [5.41, 5.74) is 1.09. The number of ether oxygens (including phenoxy) is 2. The number of hydrogen-bond donors (Lipinski definition) is 0. The number of carbonyl (C=O) groups excluding carboxylic acids is 1. The lowest BCUT2D eigenvalue weighted by atomic mass is 9.95. The maximum absolute atomic E-state index is 11.4. The number of rotatable bonds is 8. The van der Waals surface area contributed by atoms with E-state index in [2.05, 4.69) is 6.92 Å². The maximum atomic E-state index is 11.4. The van der Waals surface area contributed by atoms with E-state index in [0.717, 1.165) is 30.8 Å². The number of benzene rings is 1. The van der Waals surface area contributed by atoms with Crippen molar-refractivity contribution in [3.8, 4) is 5.75 Å². The summed E-state index contributed by atoms with van der Waals surface area (Å²) in [6.45, 7) is 4.84. The summed E-state index contributed by atoms with van der Waals surface area (Å²) >= 11 is 0. The minimum absolute atomic E-state index is 0.0529. The van der Waals surface area contributed by atoms with Crippen molar-refractivity contribution in [1.82, 2.24) is 0 Å². The van der Waals surface area contributed by atoms with E-state index in [1.54, 1.807) is 0 Å². The first-order chi connectivity index (χ1) is 9.71. The van der Waals surface area contributed by atoms with Crippen LogP contribution in [0.1, 0.15) is 44.6 Å². The molecule has 0 aliphatic heterocycles. The van der Waals surface area contributed by atoms with E-state index in [1.165, 1.54) is 7.11 Å². The van der Waals surface area contributed by atoms with E-state index in [9.17, 15) is 4.79 Å². The fourth-order valence-corrected chi connectivity index (χ4v) is 1.94. The highest BCUT2D eigenvalue weighted by atomic mass is 16.5. The Kier molecular flexibility index (Phi) is 7.48. The summed E-state index contributed by atoms with van der Waals surface area (Å²) < 4.78 is 10.4. The molecule has 0 bridgehead atoms. The summed E-state index contributed by atoms with van der Waals surface area (Å²) in [7, 11) is 1.42. The monoisotopic (exact) mass is 276 g/mol. The summed E-state index contributed by atoms with van der Waals surface area (Å²) in [6, 6.07) is 7.93. The van der Waals surface area contributed by atoms with E-state index >= 15 is 0 Å². The van der Waals surface area contributed by atoms with Crippen LogP contribution in [0.25, 0.3) is 0 Å². The van der Waals surface area contributed by atoms with Gasteiger partial charge in [0.25, 0.3) is 0 Å². The van der Waals surface area contributed by atoms with Crippen LogP contribution >= 0.6 is 0 Å². The SMILES string of the molecule is C/C=C\[C@@H](CC(=O)OC)c1ccc(OCCCC)cc1. The molecule has 0 unspecified atom stereocenters. The van der Waals surface area contributed by atoms with Crippen molar-refractivity contribution in [1.29, 1.82) is 0 Å². The largest absolute Gasteiger partial charge is 0.494 e. The van der Waals surface area contributed by atoms with E-state index < -0.39 is 0 Å². The first-order valence-corrected chi connectivity index (χ1v) is 7.13. The van der Waals surface area contributed by atoms with Crippen LogP contribution in [0.15, 0.2) is 36.4 Å². The fourth-order valence-electron chi connectivity index (χ4n) is 1.94. The van der Waals surface area contributed by atoms with Gasteiger partial charge in [0.15, 0.2) is 0 Å². The molecular formula is C17H24O3. The van der Waals surface area contributed by atoms with Gasteiger partial charge in [0, 0.05) is 5.92 Å². The number of allylic oxidation sites excluding steroid dienone is 2. The maximum Gasteiger partial charge on any atom is 0.306 e. The first kappa shape index (κ1) is 16.3. The minimum Gasteiger partial charge on any atom is -0.494 e.